The molecule has 3 aromatic heterocycles. The maximum atomic E-state index is 6.03. The van der Waals surface area contributed by atoms with Crippen molar-refractivity contribution in [1.82, 2.24) is 29.4 Å². The molecule has 0 radical (unpaired) electrons. The lowest BCUT2D eigenvalue weighted by atomic mass is 10.1. The Labute approximate surface area is 130 Å². The highest BCUT2D eigenvalue weighted by Crippen LogP contribution is 2.29. The van der Waals surface area contributed by atoms with E-state index in [0.29, 0.717) is 5.15 Å². The van der Waals surface area contributed by atoms with Gasteiger partial charge < -0.3 is 0 Å². The summed E-state index contributed by atoms with van der Waals surface area (Å²) in [4.78, 5) is 8.77. The third-order valence-electron chi connectivity index (χ3n) is 3.87. The molecule has 1 fully saturated rings. The summed E-state index contributed by atoms with van der Waals surface area (Å²) in [7, 11) is 0. The number of pyridine rings is 2. The van der Waals surface area contributed by atoms with Crippen LogP contribution in [0, 0.1) is 0 Å². The van der Waals surface area contributed by atoms with Gasteiger partial charge in [0.15, 0.2) is 0 Å². The molecular formula is C13H12Cl2N6. The minimum absolute atomic E-state index is 0.274. The van der Waals surface area contributed by atoms with Gasteiger partial charge in [-0.25, -0.2) is 14.1 Å². The van der Waals surface area contributed by atoms with Gasteiger partial charge >= 0.3 is 0 Å². The molecule has 8 heteroatoms. The van der Waals surface area contributed by atoms with Gasteiger partial charge in [0.1, 0.15) is 21.7 Å². The highest BCUT2D eigenvalue weighted by molar-refractivity contribution is 6.30. The highest BCUT2D eigenvalue weighted by Gasteiger charge is 2.23. The molecule has 0 saturated carbocycles. The minimum atomic E-state index is 0.274. The zero-order chi connectivity index (χ0) is 14.4. The lowest BCUT2D eigenvalue weighted by molar-refractivity contribution is 0.271. The SMILES string of the molecule is Clc1ccc2ncc3nnn(C4CCN(Cl)CC4)c3c2n1. The number of aromatic nitrogens is 5. The first-order chi connectivity index (χ1) is 10.2. The summed E-state index contributed by atoms with van der Waals surface area (Å²) in [6.45, 7) is 1.68. The average Bonchev–Trinajstić information content (AvgIpc) is 2.92. The average molecular weight is 323 g/mol. The molecule has 1 aliphatic heterocycles. The quantitative estimate of drug-likeness (QED) is 0.509. The molecular weight excluding hydrogens is 311 g/mol. The predicted octanol–water partition coefficient (Wildman–Crippen LogP) is 2.82. The summed E-state index contributed by atoms with van der Waals surface area (Å²) in [6.07, 6.45) is 3.60. The normalized spacial score (nSPS) is 17.8. The molecule has 21 heavy (non-hydrogen) atoms. The monoisotopic (exact) mass is 322 g/mol. The van der Waals surface area contributed by atoms with Crippen LogP contribution in [0.25, 0.3) is 22.1 Å². The molecule has 6 nitrogen and oxygen atoms in total. The Morgan fingerprint density at radius 3 is 2.76 bits per heavy atom. The van der Waals surface area contributed by atoms with Crippen molar-refractivity contribution in [3.8, 4) is 0 Å². The minimum Gasteiger partial charge on any atom is -0.252 e. The zero-order valence-corrected chi connectivity index (χ0v) is 12.6. The third kappa shape index (κ3) is 2.23. The van der Waals surface area contributed by atoms with Crippen molar-refractivity contribution >= 4 is 45.4 Å². The summed E-state index contributed by atoms with van der Waals surface area (Å²) < 4.78 is 3.76. The van der Waals surface area contributed by atoms with E-state index >= 15 is 0 Å². The second-order valence-electron chi connectivity index (χ2n) is 5.17. The predicted molar refractivity (Wildman–Crippen MR) is 81.3 cm³/mol. The smallest absolute Gasteiger partial charge is 0.133 e. The molecule has 1 saturated heterocycles. The van der Waals surface area contributed by atoms with Crippen LogP contribution in [0.5, 0.6) is 0 Å². The topological polar surface area (TPSA) is 59.7 Å². The number of rotatable bonds is 1. The van der Waals surface area contributed by atoms with Gasteiger partial charge in [-0.15, -0.1) is 5.10 Å². The van der Waals surface area contributed by atoms with Crippen LogP contribution < -0.4 is 0 Å². The van der Waals surface area contributed by atoms with Gasteiger partial charge in [0.2, 0.25) is 0 Å². The largest absolute Gasteiger partial charge is 0.252 e. The highest BCUT2D eigenvalue weighted by atomic mass is 35.5. The zero-order valence-electron chi connectivity index (χ0n) is 11.1. The standard InChI is InChI=1S/C13H12Cl2N6/c14-11-2-1-9-12(17-11)13-10(7-16-9)18-19-21(13)8-3-5-20(15)6-4-8/h1-2,7-8H,3-6H2. The first-order valence-corrected chi connectivity index (χ1v) is 7.51. The van der Waals surface area contributed by atoms with Crippen LogP contribution in [0.3, 0.4) is 0 Å². The first-order valence-electron chi connectivity index (χ1n) is 6.79. The van der Waals surface area contributed by atoms with Gasteiger partial charge in [0.25, 0.3) is 0 Å². The molecule has 0 amide bonds. The van der Waals surface area contributed by atoms with E-state index in [9.17, 15) is 0 Å². The van der Waals surface area contributed by atoms with Gasteiger partial charge in [-0.3, -0.25) is 4.98 Å². The number of hydrogen-bond donors (Lipinski definition) is 0. The lowest BCUT2D eigenvalue weighted by Crippen LogP contribution is -2.28. The third-order valence-corrected chi connectivity index (χ3v) is 4.42. The Morgan fingerprint density at radius 2 is 1.95 bits per heavy atom. The van der Waals surface area contributed by atoms with Crippen molar-refractivity contribution in [2.75, 3.05) is 13.1 Å². The maximum Gasteiger partial charge on any atom is 0.133 e. The molecule has 1 aliphatic rings. The van der Waals surface area contributed by atoms with Crippen molar-refractivity contribution in [3.63, 3.8) is 0 Å². The van der Waals surface area contributed by atoms with Crippen LogP contribution in [-0.2, 0) is 0 Å². The summed E-state index contributed by atoms with van der Waals surface area (Å²) in [5.74, 6) is 0. The number of fused-ring (bicyclic) bond motifs is 3. The Hall–Kier alpha value is -1.50. The van der Waals surface area contributed by atoms with Crippen LogP contribution in [0.1, 0.15) is 18.9 Å². The van der Waals surface area contributed by atoms with E-state index in [1.165, 1.54) is 0 Å². The fourth-order valence-corrected chi connectivity index (χ4v) is 3.14. The Morgan fingerprint density at radius 1 is 1.14 bits per heavy atom. The van der Waals surface area contributed by atoms with E-state index in [1.807, 2.05) is 15.2 Å². The van der Waals surface area contributed by atoms with E-state index in [2.05, 4.69) is 20.3 Å². The van der Waals surface area contributed by atoms with Crippen molar-refractivity contribution in [3.05, 3.63) is 23.5 Å². The van der Waals surface area contributed by atoms with Crippen molar-refractivity contribution in [2.45, 2.75) is 18.9 Å². The number of halogens is 2. The van der Waals surface area contributed by atoms with Crippen LogP contribution in [0.2, 0.25) is 5.15 Å². The van der Waals surface area contributed by atoms with E-state index in [0.717, 1.165) is 48.0 Å². The van der Waals surface area contributed by atoms with Crippen LogP contribution in [-0.4, -0.2) is 42.5 Å². The lowest BCUT2D eigenvalue weighted by Gasteiger charge is -2.27. The Bertz CT molecular complexity index is 809. The van der Waals surface area contributed by atoms with E-state index in [1.54, 1.807) is 12.3 Å². The molecule has 0 spiro atoms. The van der Waals surface area contributed by atoms with Crippen LogP contribution in [0.4, 0.5) is 0 Å². The van der Waals surface area contributed by atoms with E-state index < -0.39 is 0 Å². The fourth-order valence-electron chi connectivity index (χ4n) is 2.79. The van der Waals surface area contributed by atoms with Gasteiger partial charge in [0, 0.05) is 13.1 Å². The van der Waals surface area contributed by atoms with E-state index in [4.69, 9.17) is 23.4 Å². The fraction of sp³-hybridized carbons (Fsp3) is 0.385. The molecule has 0 N–H and O–H groups in total. The molecule has 108 valence electrons. The first kappa shape index (κ1) is 13.2. The second-order valence-corrected chi connectivity index (χ2v) is 6.03. The van der Waals surface area contributed by atoms with Gasteiger partial charge in [0.05, 0.1) is 17.8 Å². The van der Waals surface area contributed by atoms with E-state index in [-0.39, 0.29) is 6.04 Å². The molecule has 4 heterocycles. The molecule has 0 atom stereocenters. The number of nitrogens with zero attached hydrogens (tertiary/aromatic N) is 6. The second kappa shape index (κ2) is 5.05. The summed E-state index contributed by atoms with van der Waals surface area (Å²) in [5, 5.41) is 8.96. The van der Waals surface area contributed by atoms with Crippen molar-refractivity contribution in [2.24, 2.45) is 0 Å². The molecule has 4 rings (SSSR count). The van der Waals surface area contributed by atoms with Crippen molar-refractivity contribution in [1.29, 1.82) is 0 Å². The van der Waals surface area contributed by atoms with Gasteiger partial charge in [-0.2, -0.15) is 0 Å². The van der Waals surface area contributed by atoms with Gasteiger partial charge in [-0.05, 0) is 36.8 Å². The number of piperidine rings is 1. The van der Waals surface area contributed by atoms with Gasteiger partial charge in [-0.1, -0.05) is 16.8 Å². The molecule has 0 aromatic carbocycles. The van der Waals surface area contributed by atoms with Crippen LogP contribution in [0.15, 0.2) is 18.3 Å². The number of hydrogen-bond acceptors (Lipinski definition) is 5. The molecule has 0 bridgehead atoms. The molecule has 0 unspecified atom stereocenters. The Kier molecular flexibility index (Phi) is 3.17. The van der Waals surface area contributed by atoms with Crippen LogP contribution >= 0.6 is 23.4 Å². The van der Waals surface area contributed by atoms with Crippen molar-refractivity contribution < 1.29 is 0 Å². The molecule has 0 aliphatic carbocycles. The maximum absolute atomic E-state index is 6.03. The molecule has 3 aromatic rings. The summed E-state index contributed by atoms with van der Waals surface area (Å²) in [5.41, 5.74) is 3.18. The summed E-state index contributed by atoms with van der Waals surface area (Å²) >= 11 is 12.1. The Balaban J connectivity index is 1.91. The summed E-state index contributed by atoms with van der Waals surface area (Å²) in [6, 6.07) is 3.88.